The lowest BCUT2D eigenvalue weighted by atomic mass is 9.73. The molecular weight excluding hydrogens is 371 g/mol. The molecule has 7 heteroatoms. The number of carbonyl (C=O) groups is 2. The molecule has 2 aromatic rings. The number of benzene rings is 1. The Bertz CT molecular complexity index is 917. The van der Waals surface area contributed by atoms with E-state index in [0.29, 0.717) is 32.6 Å². The van der Waals surface area contributed by atoms with Crippen LogP contribution in [0.4, 0.5) is 4.39 Å². The molecule has 29 heavy (non-hydrogen) atoms. The fraction of sp³-hybridized carbons (Fsp3) is 0.455. The Morgan fingerprint density at radius 3 is 2.76 bits per heavy atom. The van der Waals surface area contributed by atoms with Crippen LogP contribution in [-0.4, -0.2) is 51.2 Å². The van der Waals surface area contributed by atoms with E-state index < -0.39 is 5.82 Å². The maximum Gasteiger partial charge on any atom is 0.256 e. The highest BCUT2D eigenvalue weighted by Crippen LogP contribution is 2.39. The number of nitrogens with zero attached hydrogens (tertiary/aromatic N) is 4. The van der Waals surface area contributed by atoms with Gasteiger partial charge in [0.15, 0.2) is 0 Å². The highest BCUT2D eigenvalue weighted by molar-refractivity contribution is 5.94. The minimum atomic E-state index is -0.490. The van der Waals surface area contributed by atoms with Crippen molar-refractivity contribution in [2.45, 2.75) is 39.2 Å². The van der Waals surface area contributed by atoms with E-state index in [1.54, 1.807) is 29.4 Å². The summed E-state index contributed by atoms with van der Waals surface area (Å²) in [6, 6.07) is 6.12. The molecule has 2 aliphatic rings. The van der Waals surface area contributed by atoms with Crippen molar-refractivity contribution in [2.75, 3.05) is 19.6 Å². The van der Waals surface area contributed by atoms with Crippen LogP contribution in [0.5, 0.6) is 0 Å². The summed E-state index contributed by atoms with van der Waals surface area (Å²) in [5.74, 6) is -0.652. The van der Waals surface area contributed by atoms with Crippen LogP contribution >= 0.6 is 0 Å². The molecule has 0 aliphatic carbocycles. The Morgan fingerprint density at radius 1 is 1.17 bits per heavy atom. The van der Waals surface area contributed by atoms with Crippen LogP contribution in [0, 0.1) is 18.2 Å². The maximum atomic E-state index is 14.1. The van der Waals surface area contributed by atoms with Gasteiger partial charge in [-0.05, 0) is 38.3 Å². The zero-order valence-corrected chi connectivity index (χ0v) is 16.6. The first-order valence-electron chi connectivity index (χ1n) is 10.0. The van der Waals surface area contributed by atoms with Crippen LogP contribution in [0.2, 0.25) is 0 Å². The molecule has 0 saturated carbocycles. The summed E-state index contributed by atoms with van der Waals surface area (Å²) in [5.41, 5.74) is 1.56. The van der Waals surface area contributed by atoms with Crippen LogP contribution in [0.15, 0.2) is 36.7 Å². The Hall–Kier alpha value is -2.83. The van der Waals surface area contributed by atoms with Crippen LogP contribution < -0.4 is 0 Å². The zero-order chi connectivity index (χ0) is 20.4. The number of hydrogen-bond acceptors (Lipinski definition) is 4. The summed E-state index contributed by atoms with van der Waals surface area (Å²) in [7, 11) is 0. The molecule has 0 unspecified atom stereocenters. The van der Waals surface area contributed by atoms with Gasteiger partial charge in [-0.3, -0.25) is 19.6 Å². The van der Waals surface area contributed by atoms with Crippen LogP contribution in [0.25, 0.3) is 0 Å². The number of aryl methyl sites for hydroxylation is 1. The second-order valence-electron chi connectivity index (χ2n) is 8.21. The molecule has 0 bridgehead atoms. The van der Waals surface area contributed by atoms with E-state index >= 15 is 0 Å². The van der Waals surface area contributed by atoms with Crippen molar-refractivity contribution < 1.29 is 14.0 Å². The fourth-order valence-corrected chi connectivity index (χ4v) is 4.46. The molecule has 1 spiro atoms. The van der Waals surface area contributed by atoms with Gasteiger partial charge in [-0.15, -0.1) is 0 Å². The minimum Gasteiger partial charge on any atom is -0.338 e. The zero-order valence-electron chi connectivity index (χ0n) is 16.6. The van der Waals surface area contributed by atoms with Crippen LogP contribution in [-0.2, 0) is 11.3 Å². The second kappa shape index (κ2) is 7.89. The SMILES string of the molecule is Cc1cnc(CN2C[C@]3(CCCN(C(=O)c4ccccc4F)C3)CCC2=O)cn1. The molecule has 1 aromatic heterocycles. The molecule has 2 fully saturated rings. The number of rotatable bonds is 3. The normalized spacial score (nSPS) is 22.2. The predicted molar refractivity (Wildman–Crippen MR) is 105 cm³/mol. The van der Waals surface area contributed by atoms with Gasteiger partial charge in [0.1, 0.15) is 5.82 Å². The summed E-state index contributed by atoms with van der Waals surface area (Å²) in [4.78, 5) is 37.6. The van der Waals surface area contributed by atoms with Crippen molar-refractivity contribution in [3.8, 4) is 0 Å². The van der Waals surface area contributed by atoms with Gasteiger partial charge in [-0.1, -0.05) is 12.1 Å². The number of hydrogen-bond donors (Lipinski definition) is 0. The van der Waals surface area contributed by atoms with Gasteiger partial charge in [0.25, 0.3) is 5.91 Å². The van der Waals surface area contributed by atoms with Crippen molar-refractivity contribution in [3.63, 3.8) is 0 Å². The van der Waals surface area contributed by atoms with E-state index in [1.807, 2.05) is 11.8 Å². The van der Waals surface area contributed by atoms with Gasteiger partial charge >= 0.3 is 0 Å². The highest BCUT2D eigenvalue weighted by atomic mass is 19.1. The molecule has 0 N–H and O–H groups in total. The van der Waals surface area contributed by atoms with Gasteiger partial charge in [-0.2, -0.15) is 0 Å². The Kier molecular flexibility index (Phi) is 5.30. The molecule has 0 radical (unpaired) electrons. The number of aromatic nitrogens is 2. The van der Waals surface area contributed by atoms with E-state index in [-0.39, 0.29) is 22.8 Å². The third kappa shape index (κ3) is 4.13. The number of amides is 2. The molecule has 2 aliphatic heterocycles. The standard InChI is InChI=1S/C22H25FN4O2/c1-16-11-25-17(12-24-16)13-27-15-22(9-7-20(27)28)8-4-10-26(14-22)21(29)18-5-2-3-6-19(18)23/h2-3,5-6,11-12H,4,7-10,13-15H2,1H3/t22-/m1/s1. The fourth-order valence-electron chi connectivity index (χ4n) is 4.46. The lowest BCUT2D eigenvalue weighted by molar-refractivity contribution is -0.139. The molecule has 2 amide bonds. The van der Waals surface area contributed by atoms with Crippen molar-refractivity contribution in [1.82, 2.24) is 19.8 Å². The van der Waals surface area contributed by atoms with Crippen LogP contribution in [0.1, 0.15) is 47.4 Å². The summed E-state index contributed by atoms with van der Waals surface area (Å²) >= 11 is 0. The molecule has 3 heterocycles. The van der Waals surface area contributed by atoms with Crippen molar-refractivity contribution in [2.24, 2.45) is 5.41 Å². The van der Waals surface area contributed by atoms with Gasteiger partial charge < -0.3 is 9.80 Å². The number of halogens is 1. The monoisotopic (exact) mass is 396 g/mol. The number of piperidine rings is 2. The average molecular weight is 396 g/mol. The molecule has 1 aromatic carbocycles. The smallest absolute Gasteiger partial charge is 0.256 e. The molecule has 2 saturated heterocycles. The first-order valence-corrected chi connectivity index (χ1v) is 10.0. The molecule has 6 nitrogen and oxygen atoms in total. The second-order valence-corrected chi connectivity index (χ2v) is 8.21. The highest BCUT2D eigenvalue weighted by Gasteiger charge is 2.43. The molecule has 1 atom stereocenters. The third-order valence-corrected chi connectivity index (χ3v) is 5.99. The largest absolute Gasteiger partial charge is 0.338 e. The summed E-state index contributed by atoms with van der Waals surface area (Å²) < 4.78 is 14.1. The molecular formula is C22H25FN4O2. The van der Waals surface area contributed by atoms with Gasteiger partial charge in [0.2, 0.25) is 5.91 Å². The third-order valence-electron chi connectivity index (χ3n) is 5.99. The average Bonchev–Trinajstić information content (AvgIpc) is 2.73. The molecule has 152 valence electrons. The van der Waals surface area contributed by atoms with E-state index in [9.17, 15) is 14.0 Å². The quantitative estimate of drug-likeness (QED) is 0.800. The maximum absolute atomic E-state index is 14.1. The van der Waals surface area contributed by atoms with E-state index in [1.165, 1.54) is 12.1 Å². The van der Waals surface area contributed by atoms with Crippen molar-refractivity contribution in [1.29, 1.82) is 0 Å². The van der Waals surface area contributed by atoms with Crippen molar-refractivity contribution >= 4 is 11.8 Å². The molecule has 4 rings (SSSR count). The Labute approximate surface area is 169 Å². The topological polar surface area (TPSA) is 66.4 Å². The van der Waals surface area contributed by atoms with Crippen LogP contribution in [0.3, 0.4) is 0 Å². The van der Waals surface area contributed by atoms with Gasteiger partial charge in [-0.25, -0.2) is 4.39 Å². The Morgan fingerprint density at radius 2 is 2.00 bits per heavy atom. The van der Waals surface area contributed by atoms with Gasteiger partial charge in [0.05, 0.1) is 29.7 Å². The Balaban J connectivity index is 1.49. The van der Waals surface area contributed by atoms with E-state index in [4.69, 9.17) is 0 Å². The lowest BCUT2D eigenvalue weighted by Crippen LogP contribution is -2.55. The number of carbonyl (C=O) groups excluding carboxylic acids is 2. The van der Waals surface area contributed by atoms with Gasteiger partial charge in [0, 0.05) is 37.7 Å². The predicted octanol–water partition coefficient (Wildman–Crippen LogP) is 2.97. The lowest BCUT2D eigenvalue weighted by Gasteiger charge is -2.48. The van der Waals surface area contributed by atoms with E-state index in [2.05, 4.69) is 9.97 Å². The number of likely N-dealkylation sites (tertiary alicyclic amines) is 2. The minimum absolute atomic E-state index is 0.107. The van der Waals surface area contributed by atoms with E-state index in [0.717, 1.165) is 30.7 Å². The summed E-state index contributed by atoms with van der Waals surface area (Å²) in [6.45, 7) is 4.05. The first-order chi connectivity index (χ1) is 14.0. The summed E-state index contributed by atoms with van der Waals surface area (Å²) in [5, 5.41) is 0. The summed E-state index contributed by atoms with van der Waals surface area (Å²) in [6.07, 6.45) is 6.43. The first kappa shape index (κ1) is 19.5. The van der Waals surface area contributed by atoms with Crippen molar-refractivity contribution in [3.05, 3.63) is 59.4 Å².